The van der Waals surface area contributed by atoms with Crippen LogP contribution in [0, 0.1) is 6.92 Å². The molecule has 0 atom stereocenters. The first-order valence-electron chi connectivity index (χ1n) is 8.51. The van der Waals surface area contributed by atoms with Crippen LogP contribution in [0.3, 0.4) is 0 Å². The molecule has 0 unspecified atom stereocenters. The number of fused-ring (bicyclic) bond motifs is 1. The second-order valence-electron chi connectivity index (χ2n) is 6.57. The molecule has 0 aliphatic carbocycles. The van der Waals surface area contributed by atoms with Gasteiger partial charge in [0.2, 0.25) is 0 Å². The monoisotopic (exact) mass is 309 g/mol. The van der Waals surface area contributed by atoms with Crippen molar-refractivity contribution < 1.29 is 0 Å². The van der Waals surface area contributed by atoms with E-state index >= 15 is 0 Å². The molecule has 120 valence electrons. The quantitative estimate of drug-likeness (QED) is 0.871. The SMILES string of the molecule is Cc1ncc2c(n1)CCN(Cc1ccc(N3CCCC3)nc1)C2. The predicted molar refractivity (Wildman–Crippen MR) is 90.3 cm³/mol. The molecule has 0 saturated carbocycles. The Morgan fingerprint density at radius 1 is 1.04 bits per heavy atom. The molecule has 2 aromatic heterocycles. The van der Waals surface area contributed by atoms with Crippen molar-refractivity contribution in [3.63, 3.8) is 0 Å². The highest BCUT2D eigenvalue weighted by atomic mass is 15.2. The summed E-state index contributed by atoms with van der Waals surface area (Å²) in [4.78, 5) is 18.4. The van der Waals surface area contributed by atoms with Crippen LogP contribution in [0.1, 0.15) is 35.5 Å². The lowest BCUT2D eigenvalue weighted by Crippen LogP contribution is -2.31. The molecule has 23 heavy (non-hydrogen) atoms. The van der Waals surface area contributed by atoms with Crippen LogP contribution in [0.4, 0.5) is 5.82 Å². The Morgan fingerprint density at radius 3 is 2.70 bits per heavy atom. The molecule has 2 aromatic rings. The molecular weight excluding hydrogens is 286 g/mol. The fourth-order valence-corrected chi connectivity index (χ4v) is 3.51. The zero-order valence-electron chi connectivity index (χ0n) is 13.7. The van der Waals surface area contributed by atoms with Gasteiger partial charge in [0.15, 0.2) is 0 Å². The summed E-state index contributed by atoms with van der Waals surface area (Å²) in [5.41, 5.74) is 3.77. The molecule has 4 heterocycles. The molecule has 5 nitrogen and oxygen atoms in total. The first kappa shape index (κ1) is 14.6. The van der Waals surface area contributed by atoms with Crippen molar-refractivity contribution in [2.24, 2.45) is 0 Å². The Labute approximate surface area is 137 Å². The molecule has 0 spiro atoms. The van der Waals surface area contributed by atoms with E-state index < -0.39 is 0 Å². The summed E-state index contributed by atoms with van der Waals surface area (Å²) < 4.78 is 0. The van der Waals surface area contributed by atoms with Gasteiger partial charge in [0.1, 0.15) is 11.6 Å². The molecule has 1 saturated heterocycles. The number of nitrogens with zero attached hydrogens (tertiary/aromatic N) is 5. The number of pyridine rings is 1. The number of rotatable bonds is 3. The van der Waals surface area contributed by atoms with E-state index in [2.05, 4.69) is 36.9 Å². The van der Waals surface area contributed by atoms with Gasteiger partial charge in [-0.15, -0.1) is 0 Å². The molecule has 5 heteroatoms. The van der Waals surface area contributed by atoms with Gasteiger partial charge in [-0.2, -0.15) is 0 Å². The number of aryl methyl sites for hydroxylation is 1. The highest BCUT2D eigenvalue weighted by Crippen LogP contribution is 2.20. The molecule has 2 aliphatic rings. The van der Waals surface area contributed by atoms with Gasteiger partial charge in [-0.3, -0.25) is 4.90 Å². The van der Waals surface area contributed by atoms with Gasteiger partial charge >= 0.3 is 0 Å². The maximum atomic E-state index is 4.66. The van der Waals surface area contributed by atoms with E-state index in [1.165, 1.54) is 29.7 Å². The summed E-state index contributed by atoms with van der Waals surface area (Å²) in [7, 11) is 0. The minimum Gasteiger partial charge on any atom is -0.357 e. The zero-order valence-corrected chi connectivity index (χ0v) is 13.7. The zero-order chi connectivity index (χ0) is 15.6. The van der Waals surface area contributed by atoms with Crippen molar-refractivity contribution in [2.75, 3.05) is 24.5 Å². The minimum atomic E-state index is 0.874. The van der Waals surface area contributed by atoms with Crippen molar-refractivity contribution in [1.82, 2.24) is 19.9 Å². The Kier molecular flexibility index (Phi) is 3.95. The summed E-state index contributed by atoms with van der Waals surface area (Å²) in [5, 5.41) is 0. The fraction of sp³-hybridized carbons (Fsp3) is 0.500. The van der Waals surface area contributed by atoms with E-state index in [1.54, 1.807) is 0 Å². The number of hydrogen-bond acceptors (Lipinski definition) is 5. The summed E-state index contributed by atoms with van der Waals surface area (Å²) in [5.74, 6) is 2.00. The summed E-state index contributed by atoms with van der Waals surface area (Å²) >= 11 is 0. The van der Waals surface area contributed by atoms with Crippen LogP contribution in [0.25, 0.3) is 0 Å². The Bertz CT molecular complexity index is 676. The molecule has 0 amide bonds. The van der Waals surface area contributed by atoms with Crippen molar-refractivity contribution in [3.8, 4) is 0 Å². The van der Waals surface area contributed by atoms with Crippen LogP contribution in [0.2, 0.25) is 0 Å². The second kappa shape index (κ2) is 6.24. The lowest BCUT2D eigenvalue weighted by atomic mass is 10.1. The van der Waals surface area contributed by atoms with Crippen molar-refractivity contribution in [3.05, 3.63) is 47.2 Å². The van der Waals surface area contributed by atoms with Crippen molar-refractivity contribution in [2.45, 2.75) is 39.3 Å². The second-order valence-corrected chi connectivity index (χ2v) is 6.57. The molecular formula is C18H23N5. The van der Waals surface area contributed by atoms with Crippen LogP contribution in [0.5, 0.6) is 0 Å². The highest BCUT2D eigenvalue weighted by molar-refractivity contribution is 5.40. The molecule has 1 fully saturated rings. The lowest BCUT2D eigenvalue weighted by molar-refractivity contribution is 0.242. The van der Waals surface area contributed by atoms with Crippen LogP contribution in [-0.4, -0.2) is 39.5 Å². The van der Waals surface area contributed by atoms with E-state index in [9.17, 15) is 0 Å². The predicted octanol–water partition coefficient (Wildman–Crippen LogP) is 2.34. The van der Waals surface area contributed by atoms with Gasteiger partial charge in [-0.1, -0.05) is 6.07 Å². The Hall–Kier alpha value is -2.01. The average Bonchev–Trinajstić information content (AvgIpc) is 3.10. The summed E-state index contributed by atoms with van der Waals surface area (Å²) in [6.07, 6.45) is 7.61. The smallest absolute Gasteiger partial charge is 0.128 e. The van der Waals surface area contributed by atoms with Crippen LogP contribution in [0.15, 0.2) is 24.5 Å². The van der Waals surface area contributed by atoms with Gasteiger partial charge < -0.3 is 4.90 Å². The van der Waals surface area contributed by atoms with Crippen LogP contribution < -0.4 is 4.90 Å². The maximum Gasteiger partial charge on any atom is 0.128 e. The first-order chi connectivity index (χ1) is 11.3. The van der Waals surface area contributed by atoms with Gasteiger partial charge in [0.05, 0.1) is 0 Å². The van der Waals surface area contributed by atoms with E-state index in [0.29, 0.717) is 0 Å². The van der Waals surface area contributed by atoms with E-state index in [1.807, 2.05) is 19.3 Å². The summed E-state index contributed by atoms with van der Waals surface area (Å²) in [6, 6.07) is 4.40. The molecule has 0 aromatic carbocycles. The van der Waals surface area contributed by atoms with Gasteiger partial charge in [-0.05, 0) is 31.4 Å². The fourth-order valence-electron chi connectivity index (χ4n) is 3.51. The van der Waals surface area contributed by atoms with Gasteiger partial charge in [0, 0.05) is 62.8 Å². The van der Waals surface area contributed by atoms with E-state index in [0.717, 1.165) is 50.8 Å². The molecule has 4 rings (SSSR count). The van der Waals surface area contributed by atoms with E-state index in [-0.39, 0.29) is 0 Å². The van der Waals surface area contributed by atoms with Crippen molar-refractivity contribution in [1.29, 1.82) is 0 Å². The number of aromatic nitrogens is 3. The van der Waals surface area contributed by atoms with Crippen LogP contribution in [-0.2, 0) is 19.5 Å². The van der Waals surface area contributed by atoms with Gasteiger partial charge in [0.25, 0.3) is 0 Å². The van der Waals surface area contributed by atoms with Gasteiger partial charge in [-0.25, -0.2) is 15.0 Å². The van der Waals surface area contributed by atoms with Crippen molar-refractivity contribution >= 4 is 5.82 Å². The average molecular weight is 309 g/mol. The summed E-state index contributed by atoms with van der Waals surface area (Å²) in [6.45, 7) is 7.19. The Morgan fingerprint density at radius 2 is 1.91 bits per heavy atom. The van der Waals surface area contributed by atoms with E-state index in [4.69, 9.17) is 0 Å². The topological polar surface area (TPSA) is 45.2 Å². The molecule has 0 N–H and O–H groups in total. The Balaban J connectivity index is 1.41. The molecule has 0 radical (unpaired) electrons. The number of anilines is 1. The minimum absolute atomic E-state index is 0.874. The first-order valence-corrected chi connectivity index (χ1v) is 8.51. The maximum absolute atomic E-state index is 4.66. The third kappa shape index (κ3) is 3.20. The molecule has 0 bridgehead atoms. The number of hydrogen-bond donors (Lipinski definition) is 0. The normalized spacial score (nSPS) is 18.2. The van der Waals surface area contributed by atoms with Crippen LogP contribution >= 0.6 is 0 Å². The third-order valence-corrected chi connectivity index (χ3v) is 4.78. The standard InChI is InChI=1S/C18H23N5/c1-14-19-11-16-13-22(9-6-17(16)21-14)12-15-4-5-18(20-10-15)23-7-2-3-8-23/h4-5,10-11H,2-3,6-9,12-13H2,1H3. The third-order valence-electron chi connectivity index (χ3n) is 4.78. The molecule has 2 aliphatic heterocycles. The highest BCUT2D eigenvalue weighted by Gasteiger charge is 2.18. The largest absolute Gasteiger partial charge is 0.357 e. The lowest BCUT2D eigenvalue weighted by Gasteiger charge is -2.28.